The van der Waals surface area contributed by atoms with Gasteiger partial charge >= 0.3 is 5.97 Å². The van der Waals surface area contributed by atoms with Crippen LogP contribution in [-0.2, 0) is 16.0 Å². The Labute approximate surface area is 167 Å². The minimum Gasteiger partial charge on any atom is -0.484 e. The minimum atomic E-state index is -0.465. The quantitative estimate of drug-likeness (QED) is 0.600. The Morgan fingerprint density at radius 3 is 2.29 bits per heavy atom. The number of thiophene rings is 1. The van der Waals surface area contributed by atoms with E-state index in [-0.39, 0.29) is 12.5 Å². The van der Waals surface area contributed by atoms with Gasteiger partial charge in [-0.1, -0.05) is 48.5 Å². The summed E-state index contributed by atoms with van der Waals surface area (Å²) >= 11 is 1.39. The number of hydrogen-bond donors (Lipinski definition) is 1. The summed E-state index contributed by atoms with van der Waals surface area (Å²) in [7, 11) is 1.33. The highest BCUT2D eigenvalue weighted by Gasteiger charge is 2.23. The molecule has 3 rings (SSSR count). The van der Waals surface area contributed by atoms with Crippen molar-refractivity contribution in [2.24, 2.45) is 0 Å². The molecule has 0 saturated carbocycles. The molecule has 2 aromatic carbocycles. The van der Waals surface area contributed by atoms with Gasteiger partial charge in [-0.3, -0.25) is 4.79 Å². The number of nitrogens with one attached hydrogen (secondary N) is 1. The highest BCUT2D eigenvalue weighted by atomic mass is 32.1. The Bertz CT molecular complexity index is 951. The lowest BCUT2D eigenvalue weighted by molar-refractivity contribution is -0.118. The second-order valence-electron chi connectivity index (χ2n) is 6.16. The molecule has 144 valence electrons. The van der Waals surface area contributed by atoms with E-state index in [0.717, 1.165) is 16.0 Å². The average Bonchev–Trinajstić information content (AvgIpc) is 3.02. The highest BCUT2D eigenvalue weighted by Crippen LogP contribution is 2.35. The molecule has 0 aliphatic heterocycles. The number of ether oxygens (including phenoxy) is 2. The largest absolute Gasteiger partial charge is 0.484 e. The Morgan fingerprint density at radius 1 is 1.00 bits per heavy atom. The normalized spacial score (nSPS) is 10.4. The van der Waals surface area contributed by atoms with Gasteiger partial charge in [0.25, 0.3) is 5.91 Å². The van der Waals surface area contributed by atoms with Crippen molar-refractivity contribution in [2.45, 2.75) is 13.3 Å². The molecule has 0 saturated heterocycles. The van der Waals surface area contributed by atoms with Gasteiger partial charge in [0.05, 0.1) is 12.7 Å². The number of hydrogen-bond acceptors (Lipinski definition) is 5. The predicted octanol–water partition coefficient (Wildman–Crippen LogP) is 4.45. The van der Waals surface area contributed by atoms with E-state index >= 15 is 0 Å². The third-order valence-corrected chi connectivity index (χ3v) is 5.42. The summed E-state index contributed by atoms with van der Waals surface area (Å²) in [5.74, 6) is -0.188. The maximum absolute atomic E-state index is 12.3. The van der Waals surface area contributed by atoms with Crippen LogP contribution < -0.4 is 10.1 Å². The lowest BCUT2D eigenvalue weighted by Gasteiger charge is -2.07. The summed E-state index contributed by atoms with van der Waals surface area (Å²) in [4.78, 5) is 25.6. The Hall–Kier alpha value is -3.12. The molecule has 0 aliphatic carbocycles. The van der Waals surface area contributed by atoms with Crippen LogP contribution in [0, 0.1) is 6.92 Å². The van der Waals surface area contributed by atoms with Gasteiger partial charge in [0.1, 0.15) is 10.8 Å². The fourth-order valence-electron chi connectivity index (χ4n) is 2.77. The Kier molecular flexibility index (Phi) is 6.45. The second-order valence-corrected chi connectivity index (χ2v) is 7.26. The van der Waals surface area contributed by atoms with Crippen LogP contribution >= 0.6 is 11.3 Å². The SMILES string of the molecule is COC(=O)c1c(NC(=O)COc2ccccc2)sc(Cc2ccccc2)c1C. The van der Waals surface area contributed by atoms with Gasteiger partial charge in [0, 0.05) is 11.3 Å². The summed E-state index contributed by atoms with van der Waals surface area (Å²) in [6.45, 7) is 1.73. The number of amides is 1. The molecule has 5 nitrogen and oxygen atoms in total. The molecule has 1 aromatic heterocycles. The van der Waals surface area contributed by atoms with Gasteiger partial charge in [-0.05, 0) is 30.2 Å². The van der Waals surface area contributed by atoms with E-state index in [1.165, 1.54) is 18.4 Å². The maximum Gasteiger partial charge on any atom is 0.341 e. The van der Waals surface area contributed by atoms with Gasteiger partial charge < -0.3 is 14.8 Å². The molecular formula is C22H21NO4S. The topological polar surface area (TPSA) is 64.6 Å². The number of carbonyl (C=O) groups excluding carboxylic acids is 2. The van der Waals surface area contributed by atoms with Crippen molar-refractivity contribution in [3.8, 4) is 5.75 Å². The Balaban J connectivity index is 1.77. The van der Waals surface area contributed by atoms with Crippen LogP contribution in [0.3, 0.4) is 0 Å². The number of para-hydroxylation sites is 1. The zero-order chi connectivity index (χ0) is 19.9. The summed E-state index contributed by atoms with van der Waals surface area (Å²) in [6.07, 6.45) is 0.678. The molecule has 3 aromatic rings. The number of rotatable bonds is 7. The molecule has 0 unspecified atom stereocenters. The van der Waals surface area contributed by atoms with E-state index in [1.807, 2.05) is 55.5 Å². The van der Waals surface area contributed by atoms with Crippen molar-refractivity contribution < 1.29 is 19.1 Å². The summed E-state index contributed by atoms with van der Waals surface area (Å²) in [5.41, 5.74) is 2.35. The van der Waals surface area contributed by atoms with Crippen LogP contribution in [0.4, 0.5) is 5.00 Å². The first-order valence-corrected chi connectivity index (χ1v) is 9.62. The van der Waals surface area contributed by atoms with Gasteiger partial charge in [-0.15, -0.1) is 11.3 Å². The lowest BCUT2D eigenvalue weighted by atomic mass is 10.1. The molecule has 0 bridgehead atoms. The number of methoxy groups -OCH3 is 1. The van der Waals surface area contributed by atoms with Crippen molar-refractivity contribution in [3.05, 3.63) is 82.2 Å². The smallest absolute Gasteiger partial charge is 0.341 e. The van der Waals surface area contributed by atoms with Gasteiger partial charge in [0.15, 0.2) is 6.61 Å². The van der Waals surface area contributed by atoms with Crippen molar-refractivity contribution in [2.75, 3.05) is 19.0 Å². The van der Waals surface area contributed by atoms with Crippen LogP contribution in [0.5, 0.6) is 5.75 Å². The standard InChI is InChI=1S/C22H21NO4S/c1-15-18(13-16-9-5-3-6-10-16)28-21(20(15)22(25)26-2)23-19(24)14-27-17-11-7-4-8-12-17/h3-12H,13-14H2,1-2H3,(H,23,24). The van der Waals surface area contributed by atoms with Gasteiger partial charge in [0.2, 0.25) is 0 Å². The molecule has 0 atom stereocenters. The first-order valence-electron chi connectivity index (χ1n) is 8.80. The summed E-state index contributed by atoms with van der Waals surface area (Å²) < 4.78 is 10.4. The number of esters is 1. The fraction of sp³-hybridized carbons (Fsp3) is 0.182. The van der Waals surface area contributed by atoms with E-state index in [4.69, 9.17) is 9.47 Å². The van der Waals surface area contributed by atoms with Crippen molar-refractivity contribution >= 4 is 28.2 Å². The summed E-state index contributed by atoms with van der Waals surface area (Å²) in [5, 5.41) is 3.28. The van der Waals surface area contributed by atoms with E-state index in [9.17, 15) is 9.59 Å². The number of benzene rings is 2. The minimum absolute atomic E-state index is 0.143. The average molecular weight is 395 g/mol. The highest BCUT2D eigenvalue weighted by molar-refractivity contribution is 7.17. The summed E-state index contributed by atoms with van der Waals surface area (Å²) in [6, 6.07) is 19.1. The molecular weight excluding hydrogens is 374 g/mol. The van der Waals surface area contributed by atoms with E-state index < -0.39 is 5.97 Å². The molecule has 0 aliphatic rings. The molecule has 0 radical (unpaired) electrons. The molecule has 1 N–H and O–H groups in total. The third kappa shape index (κ3) is 4.78. The van der Waals surface area contributed by atoms with Crippen LogP contribution in [-0.4, -0.2) is 25.6 Å². The molecule has 28 heavy (non-hydrogen) atoms. The van der Waals surface area contributed by atoms with Crippen LogP contribution in [0.25, 0.3) is 0 Å². The van der Waals surface area contributed by atoms with Gasteiger partial charge in [-0.25, -0.2) is 4.79 Å². The zero-order valence-electron chi connectivity index (χ0n) is 15.7. The van der Waals surface area contributed by atoms with E-state index in [2.05, 4.69) is 5.32 Å². The third-order valence-electron chi connectivity index (χ3n) is 4.21. The molecule has 6 heteroatoms. The second kappa shape index (κ2) is 9.19. The number of carbonyl (C=O) groups is 2. The van der Waals surface area contributed by atoms with Gasteiger partial charge in [-0.2, -0.15) is 0 Å². The first-order chi connectivity index (χ1) is 13.6. The van der Waals surface area contributed by atoms with E-state index in [1.54, 1.807) is 12.1 Å². The Morgan fingerprint density at radius 2 is 1.64 bits per heavy atom. The maximum atomic E-state index is 12.3. The zero-order valence-corrected chi connectivity index (χ0v) is 16.5. The van der Waals surface area contributed by atoms with E-state index in [0.29, 0.717) is 22.7 Å². The predicted molar refractivity (Wildman–Crippen MR) is 110 cm³/mol. The monoisotopic (exact) mass is 395 g/mol. The molecule has 0 fully saturated rings. The van der Waals surface area contributed by atoms with Crippen LogP contribution in [0.15, 0.2) is 60.7 Å². The number of anilines is 1. The first kappa shape index (κ1) is 19.6. The lowest BCUT2D eigenvalue weighted by Crippen LogP contribution is -2.21. The van der Waals surface area contributed by atoms with Crippen LogP contribution in [0.1, 0.15) is 26.4 Å². The van der Waals surface area contributed by atoms with Crippen molar-refractivity contribution in [3.63, 3.8) is 0 Å². The fourth-order valence-corrected chi connectivity index (χ4v) is 4.02. The molecule has 0 spiro atoms. The molecule has 1 heterocycles. The van der Waals surface area contributed by atoms with Crippen LogP contribution in [0.2, 0.25) is 0 Å². The molecule has 1 amide bonds. The van der Waals surface area contributed by atoms with Crippen molar-refractivity contribution in [1.29, 1.82) is 0 Å². The van der Waals surface area contributed by atoms with Crippen molar-refractivity contribution in [1.82, 2.24) is 0 Å².